The minimum atomic E-state index is -0.222. The normalized spacial score (nSPS) is 13.4. The van der Waals surface area contributed by atoms with E-state index in [4.69, 9.17) is 14.6 Å². The topological polar surface area (TPSA) is 67.8 Å². The summed E-state index contributed by atoms with van der Waals surface area (Å²) in [7, 11) is 1.56. The third kappa shape index (κ3) is 4.74. The molecule has 1 amide bonds. The number of carbonyl (C=O) groups excluding carboxylic acids is 1. The summed E-state index contributed by atoms with van der Waals surface area (Å²) in [5.41, 5.74) is 1.06. The van der Waals surface area contributed by atoms with E-state index in [1.807, 2.05) is 32.9 Å². The van der Waals surface area contributed by atoms with E-state index in [0.29, 0.717) is 11.5 Å². The molecule has 5 heteroatoms. The zero-order valence-corrected chi connectivity index (χ0v) is 12.5. The molecule has 0 saturated heterocycles. The van der Waals surface area contributed by atoms with Crippen LogP contribution in [0.3, 0.4) is 0 Å². The van der Waals surface area contributed by atoms with Crippen LogP contribution in [0.1, 0.15) is 19.4 Å². The van der Waals surface area contributed by atoms with E-state index >= 15 is 0 Å². The minimum Gasteiger partial charge on any atom is -0.493 e. The number of aliphatic hydroxyl groups excluding tert-OH is 1. The average Bonchev–Trinajstić information content (AvgIpc) is 2.44. The second kappa shape index (κ2) is 7.75. The van der Waals surface area contributed by atoms with Gasteiger partial charge < -0.3 is 19.9 Å². The van der Waals surface area contributed by atoms with Crippen molar-refractivity contribution in [2.24, 2.45) is 5.92 Å². The highest BCUT2D eigenvalue weighted by molar-refractivity contribution is 5.77. The molecule has 0 radical (unpaired) electrons. The van der Waals surface area contributed by atoms with E-state index in [0.717, 1.165) is 5.56 Å². The van der Waals surface area contributed by atoms with Gasteiger partial charge >= 0.3 is 0 Å². The van der Waals surface area contributed by atoms with Crippen LogP contribution in [0.4, 0.5) is 0 Å². The summed E-state index contributed by atoms with van der Waals surface area (Å²) in [6, 6.07) is 5.42. The van der Waals surface area contributed by atoms with Gasteiger partial charge in [0, 0.05) is 12.6 Å². The largest absolute Gasteiger partial charge is 0.493 e. The van der Waals surface area contributed by atoms with Gasteiger partial charge in [-0.1, -0.05) is 13.0 Å². The molecule has 0 saturated carbocycles. The highest BCUT2D eigenvalue weighted by Crippen LogP contribution is 2.27. The number of ether oxygens (including phenoxy) is 2. The van der Waals surface area contributed by atoms with Gasteiger partial charge in [0.05, 0.1) is 7.11 Å². The summed E-state index contributed by atoms with van der Waals surface area (Å²) in [5, 5.41) is 11.8. The molecule has 0 aromatic heterocycles. The molecule has 0 aliphatic rings. The molecule has 1 rings (SSSR count). The lowest BCUT2D eigenvalue weighted by molar-refractivity contribution is -0.124. The highest BCUT2D eigenvalue weighted by Gasteiger charge is 2.14. The number of methoxy groups -OCH3 is 1. The molecule has 1 aromatic carbocycles. The van der Waals surface area contributed by atoms with Crippen molar-refractivity contribution in [1.29, 1.82) is 0 Å². The lowest BCUT2D eigenvalue weighted by Crippen LogP contribution is -2.40. The zero-order chi connectivity index (χ0) is 15.1. The van der Waals surface area contributed by atoms with Crippen molar-refractivity contribution in [2.75, 3.05) is 20.3 Å². The molecule has 0 spiro atoms. The van der Waals surface area contributed by atoms with Crippen molar-refractivity contribution in [3.05, 3.63) is 23.8 Å². The Balaban J connectivity index is 2.53. The Kier molecular flexibility index (Phi) is 6.31. The van der Waals surface area contributed by atoms with Crippen molar-refractivity contribution in [3.8, 4) is 11.5 Å². The number of benzene rings is 1. The van der Waals surface area contributed by atoms with Gasteiger partial charge in [0.1, 0.15) is 0 Å². The summed E-state index contributed by atoms with van der Waals surface area (Å²) in [5.74, 6) is 0.930. The molecule has 2 atom stereocenters. The number of hydrogen-bond donors (Lipinski definition) is 2. The van der Waals surface area contributed by atoms with E-state index in [9.17, 15) is 4.79 Å². The van der Waals surface area contributed by atoms with Crippen molar-refractivity contribution < 1.29 is 19.4 Å². The van der Waals surface area contributed by atoms with Gasteiger partial charge in [-0.3, -0.25) is 4.79 Å². The highest BCUT2D eigenvalue weighted by atomic mass is 16.5. The maximum Gasteiger partial charge on any atom is 0.258 e. The number of aliphatic hydroxyl groups is 1. The predicted octanol–water partition coefficient (Wildman–Crippen LogP) is 1.52. The van der Waals surface area contributed by atoms with Gasteiger partial charge in [-0.2, -0.15) is 0 Å². The second-order valence-corrected chi connectivity index (χ2v) is 4.96. The Morgan fingerprint density at radius 3 is 2.65 bits per heavy atom. The smallest absolute Gasteiger partial charge is 0.258 e. The van der Waals surface area contributed by atoms with Crippen molar-refractivity contribution >= 4 is 5.91 Å². The van der Waals surface area contributed by atoms with Crippen LogP contribution >= 0.6 is 0 Å². The fourth-order valence-corrected chi connectivity index (χ4v) is 1.63. The van der Waals surface area contributed by atoms with Gasteiger partial charge in [-0.25, -0.2) is 0 Å². The predicted molar refractivity (Wildman–Crippen MR) is 77.1 cm³/mol. The fraction of sp³-hybridized carbons (Fsp3) is 0.533. The molecule has 0 fully saturated rings. The van der Waals surface area contributed by atoms with Gasteiger partial charge in [0.25, 0.3) is 5.91 Å². The van der Waals surface area contributed by atoms with Gasteiger partial charge in [-0.15, -0.1) is 0 Å². The molecule has 0 aliphatic carbocycles. The van der Waals surface area contributed by atoms with E-state index < -0.39 is 0 Å². The Labute approximate surface area is 119 Å². The second-order valence-electron chi connectivity index (χ2n) is 4.96. The quantitative estimate of drug-likeness (QED) is 0.795. The number of aryl methyl sites for hydroxylation is 1. The molecule has 112 valence electrons. The van der Waals surface area contributed by atoms with Crippen molar-refractivity contribution in [3.63, 3.8) is 0 Å². The molecule has 5 nitrogen and oxygen atoms in total. The molecular weight excluding hydrogens is 258 g/mol. The van der Waals surface area contributed by atoms with Crippen molar-refractivity contribution in [1.82, 2.24) is 5.32 Å². The summed E-state index contributed by atoms with van der Waals surface area (Å²) in [4.78, 5) is 11.8. The maximum absolute atomic E-state index is 11.8. The third-order valence-corrected chi connectivity index (χ3v) is 3.21. The van der Waals surface area contributed by atoms with Crippen LogP contribution < -0.4 is 14.8 Å². The maximum atomic E-state index is 11.8. The Morgan fingerprint density at radius 2 is 2.05 bits per heavy atom. The Morgan fingerprint density at radius 1 is 1.35 bits per heavy atom. The third-order valence-electron chi connectivity index (χ3n) is 3.21. The fourth-order valence-electron chi connectivity index (χ4n) is 1.63. The van der Waals surface area contributed by atoms with Crippen molar-refractivity contribution in [2.45, 2.75) is 26.8 Å². The van der Waals surface area contributed by atoms with Crippen LogP contribution in [0.25, 0.3) is 0 Å². The first-order chi connectivity index (χ1) is 9.47. The molecule has 1 aromatic rings. The lowest BCUT2D eigenvalue weighted by Gasteiger charge is -2.19. The lowest BCUT2D eigenvalue weighted by atomic mass is 10.1. The molecular formula is C15H23NO4. The SMILES string of the molecule is COc1cc(C)ccc1OCC(=O)NC(C)C(C)CO. The number of amides is 1. The molecule has 2 unspecified atom stereocenters. The number of nitrogens with one attached hydrogen (secondary N) is 1. The van der Waals surface area contributed by atoms with Crippen LogP contribution in [0.2, 0.25) is 0 Å². The van der Waals surface area contributed by atoms with Gasteiger partial charge in [0.15, 0.2) is 18.1 Å². The Bertz CT molecular complexity index is 447. The first kappa shape index (κ1) is 16.3. The number of rotatable bonds is 7. The summed E-state index contributed by atoms with van der Waals surface area (Å²) >= 11 is 0. The molecule has 20 heavy (non-hydrogen) atoms. The molecule has 0 heterocycles. The summed E-state index contributed by atoms with van der Waals surface area (Å²) < 4.78 is 10.7. The molecule has 2 N–H and O–H groups in total. The summed E-state index contributed by atoms with van der Waals surface area (Å²) in [6.45, 7) is 5.63. The van der Waals surface area contributed by atoms with E-state index in [1.54, 1.807) is 13.2 Å². The van der Waals surface area contributed by atoms with Gasteiger partial charge in [-0.05, 0) is 37.5 Å². The summed E-state index contributed by atoms with van der Waals surface area (Å²) in [6.07, 6.45) is 0. The molecule has 0 bridgehead atoms. The minimum absolute atomic E-state index is 0.00728. The zero-order valence-electron chi connectivity index (χ0n) is 12.5. The monoisotopic (exact) mass is 281 g/mol. The van der Waals surface area contributed by atoms with Crippen LogP contribution in [-0.2, 0) is 4.79 Å². The van der Waals surface area contributed by atoms with Crippen LogP contribution in [0.5, 0.6) is 11.5 Å². The first-order valence-corrected chi connectivity index (χ1v) is 6.65. The Hall–Kier alpha value is -1.75. The van der Waals surface area contributed by atoms with Crippen LogP contribution in [0, 0.1) is 12.8 Å². The van der Waals surface area contributed by atoms with E-state index in [2.05, 4.69) is 5.32 Å². The average molecular weight is 281 g/mol. The molecule has 0 aliphatic heterocycles. The van der Waals surface area contributed by atoms with Crippen LogP contribution in [-0.4, -0.2) is 37.4 Å². The first-order valence-electron chi connectivity index (χ1n) is 6.65. The van der Waals surface area contributed by atoms with Crippen LogP contribution in [0.15, 0.2) is 18.2 Å². The number of hydrogen-bond acceptors (Lipinski definition) is 4. The van der Waals surface area contributed by atoms with E-state index in [1.165, 1.54) is 0 Å². The van der Waals surface area contributed by atoms with Gasteiger partial charge in [0.2, 0.25) is 0 Å². The standard InChI is InChI=1S/C15H23NO4/c1-10-5-6-13(14(7-10)19-4)20-9-15(18)16-12(3)11(2)8-17/h5-7,11-12,17H,8-9H2,1-4H3,(H,16,18). The van der Waals surface area contributed by atoms with E-state index in [-0.39, 0.29) is 31.1 Å². The number of carbonyl (C=O) groups is 1.